The van der Waals surface area contributed by atoms with Gasteiger partial charge in [0.25, 0.3) is 0 Å². The molecule has 0 N–H and O–H groups in total. The summed E-state index contributed by atoms with van der Waals surface area (Å²) >= 11 is 1.17. The lowest BCUT2D eigenvalue weighted by Crippen LogP contribution is -2.03. The first kappa shape index (κ1) is 14.0. The van der Waals surface area contributed by atoms with Crippen molar-refractivity contribution in [2.45, 2.75) is 0 Å². The van der Waals surface area contributed by atoms with Crippen LogP contribution in [-0.4, -0.2) is 0 Å². The molecular weight excluding hydrogens is 348 g/mol. The predicted molar refractivity (Wildman–Crippen MR) is 92.6 cm³/mol. The summed E-state index contributed by atoms with van der Waals surface area (Å²) in [5, 5.41) is 0.751. The molecule has 0 aliphatic rings. The SMILES string of the molecule is O=c1c2cc3c(=O)oc(=O)c3cc2sc2cc3c(=O)oc(=O)c3cc12. The molecule has 0 aliphatic heterocycles. The molecule has 2 aromatic carbocycles. The fourth-order valence-corrected chi connectivity index (χ4v) is 4.12. The Morgan fingerprint density at radius 1 is 0.520 bits per heavy atom. The summed E-state index contributed by atoms with van der Waals surface area (Å²) in [5.41, 5.74) is -3.52. The number of benzene rings is 2. The Morgan fingerprint density at radius 2 is 0.880 bits per heavy atom. The van der Waals surface area contributed by atoms with Crippen LogP contribution in [0.2, 0.25) is 0 Å². The van der Waals surface area contributed by atoms with E-state index in [0.29, 0.717) is 9.40 Å². The average Bonchev–Trinajstić information content (AvgIpc) is 3.01. The van der Waals surface area contributed by atoms with E-state index in [0.717, 1.165) is 0 Å². The van der Waals surface area contributed by atoms with E-state index in [-0.39, 0.29) is 32.3 Å². The Hall–Kier alpha value is -3.39. The molecule has 0 saturated heterocycles. The van der Waals surface area contributed by atoms with Gasteiger partial charge in [-0.3, -0.25) is 4.79 Å². The van der Waals surface area contributed by atoms with E-state index < -0.39 is 27.9 Å². The maximum atomic E-state index is 12.8. The van der Waals surface area contributed by atoms with Crippen molar-refractivity contribution in [2.24, 2.45) is 0 Å². The van der Waals surface area contributed by atoms with Crippen molar-refractivity contribution in [3.8, 4) is 0 Å². The largest absolute Gasteiger partial charge is 0.386 e. The Kier molecular flexibility index (Phi) is 2.44. The first-order chi connectivity index (χ1) is 11.9. The lowest BCUT2D eigenvalue weighted by molar-refractivity contribution is 0.499. The molecule has 0 spiro atoms. The second-order valence-electron chi connectivity index (χ2n) is 5.57. The second-order valence-corrected chi connectivity index (χ2v) is 6.66. The molecule has 0 atom stereocenters. The van der Waals surface area contributed by atoms with Crippen molar-refractivity contribution < 1.29 is 8.83 Å². The highest BCUT2D eigenvalue weighted by Gasteiger charge is 2.16. The summed E-state index contributed by atoms with van der Waals surface area (Å²) in [6, 6.07) is 5.51. The Balaban J connectivity index is 2.09. The Labute approximate surface area is 138 Å². The van der Waals surface area contributed by atoms with Crippen molar-refractivity contribution in [2.75, 3.05) is 0 Å². The van der Waals surface area contributed by atoms with Gasteiger partial charge in [0.2, 0.25) is 0 Å². The highest BCUT2D eigenvalue weighted by Crippen LogP contribution is 2.28. The van der Waals surface area contributed by atoms with Crippen LogP contribution in [0.4, 0.5) is 0 Å². The highest BCUT2D eigenvalue weighted by atomic mass is 32.1. The van der Waals surface area contributed by atoms with Gasteiger partial charge in [-0.05, 0) is 24.3 Å². The lowest BCUT2D eigenvalue weighted by atomic mass is 10.1. The summed E-state index contributed by atoms with van der Waals surface area (Å²) in [5.74, 6) is 0. The van der Waals surface area contributed by atoms with Crippen molar-refractivity contribution in [3.63, 3.8) is 0 Å². The molecule has 0 unspecified atom stereocenters. The molecule has 3 aromatic heterocycles. The topological polar surface area (TPSA) is 112 Å². The number of furan rings is 2. The van der Waals surface area contributed by atoms with E-state index in [9.17, 15) is 24.0 Å². The third-order valence-corrected chi connectivity index (χ3v) is 5.31. The Morgan fingerprint density at radius 3 is 1.28 bits per heavy atom. The van der Waals surface area contributed by atoms with Crippen LogP contribution < -0.4 is 27.9 Å². The number of fused-ring (bicyclic) bond motifs is 4. The minimum absolute atomic E-state index is 0.0388. The molecule has 5 rings (SSSR count). The van der Waals surface area contributed by atoms with Gasteiger partial charge >= 0.3 is 22.5 Å². The van der Waals surface area contributed by atoms with Crippen LogP contribution in [0.3, 0.4) is 0 Å². The second kappa shape index (κ2) is 4.37. The zero-order valence-corrected chi connectivity index (χ0v) is 12.9. The van der Waals surface area contributed by atoms with Crippen molar-refractivity contribution in [1.29, 1.82) is 0 Å². The quantitative estimate of drug-likeness (QED) is 0.385. The molecule has 120 valence electrons. The van der Waals surface area contributed by atoms with Crippen LogP contribution in [-0.2, 0) is 0 Å². The van der Waals surface area contributed by atoms with Gasteiger partial charge in [-0.2, -0.15) is 0 Å². The minimum Gasteiger partial charge on any atom is -0.386 e. The fourth-order valence-electron chi connectivity index (χ4n) is 3.01. The summed E-state index contributed by atoms with van der Waals surface area (Å²) < 4.78 is 10.0. The molecule has 0 fully saturated rings. The predicted octanol–water partition coefficient (Wildman–Crippen LogP) is 1.22. The Bertz CT molecular complexity index is 1520. The van der Waals surface area contributed by atoms with Gasteiger partial charge in [0.05, 0.1) is 21.5 Å². The van der Waals surface area contributed by atoms with Gasteiger partial charge in [0.15, 0.2) is 5.43 Å². The van der Waals surface area contributed by atoms with Crippen molar-refractivity contribution >= 4 is 53.1 Å². The molecule has 7 nitrogen and oxygen atoms in total. The zero-order valence-electron chi connectivity index (χ0n) is 12.1. The maximum absolute atomic E-state index is 12.8. The van der Waals surface area contributed by atoms with Gasteiger partial charge in [-0.15, -0.1) is 11.3 Å². The first-order valence-electron chi connectivity index (χ1n) is 7.05. The highest BCUT2D eigenvalue weighted by molar-refractivity contribution is 7.24. The van der Waals surface area contributed by atoms with E-state index in [1.807, 2.05) is 0 Å². The average molecular weight is 352 g/mol. The summed E-state index contributed by atoms with van der Waals surface area (Å²) in [7, 11) is 0. The smallest absolute Gasteiger partial charge is 0.346 e. The monoisotopic (exact) mass is 352 g/mol. The third-order valence-electron chi connectivity index (χ3n) is 4.20. The summed E-state index contributed by atoms with van der Waals surface area (Å²) in [6.45, 7) is 0. The van der Waals surface area contributed by atoms with Crippen LogP contribution >= 0.6 is 11.3 Å². The van der Waals surface area contributed by atoms with Crippen LogP contribution in [0.5, 0.6) is 0 Å². The molecule has 25 heavy (non-hydrogen) atoms. The van der Waals surface area contributed by atoms with E-state index in [1.54, 1.807) is 0 Å². The molecule has 0 amide bonds. The van der Waals surface area contributed by atoms with E-state index in [4.69, 9.17) is 0 Å². The molecular formula is C17H4O7S. The van der Waals surface area contributed by atoms with E-state index in [2.05, 4.69) is 8.83 Å². The molecule has 0 aliphatic carbocycles. The number of hydrogen-bond donors (Lipinski definition) is 0. The van der Waals surface area contributed by atoms with Crippen LogP contribution in [0.25, 0.3) is 41.7 Å². The molecule has 0 bridgehead atoms. The first-order valence-corrected chi connectivity index (χ1v) is 7.87. The van der Waals surface area contributed by atoms with Crippen molar-refractivity contribution in [3.05, 3.63) is 76.2 Å². The standard InChI is InChI=1S/C17H4O7S/c18-13-9-1-5-7(16(21)23-14(5)19)3-11(9)25-12-4-8-6(2-10(12)13)15(20)24-17(8)22/h1-4H. The molecule has 5 aromatic rings. The normalized spacial score (nSPS) is 12.0. The molecule has 8 heteroatoms. The maximum Gasteiger partial charge on any atom is 0.346 e. The van der Waals surface area contributed by atoms with Gasteiger partial charge in [-0.1, -0.05) is 0 Å². The number of hydrogen-bond acceptors (Lipinski definition) is 8. The van der Waals surface area contributed by atoms with Gasteiger partial charge in [0.1, 0.15) is 0 Å². The minimum atomic E-state index is -0.797. The number of rotatable bonds is 0. The van der Waals surface area contributed by atoms with Crippen LogP contribution in [0, 0.1) is 0 Å². The molecule has 0 radical (unpaired) electrons. The van der Waals surface area contributed by atoms with Crippen LogP contribution in [0.1, 0.15) is 0 Å². The van der Waals surface area contributed by atoms with E-state index >= 15 is 0 Å². The fraction of sp³-hybridized carbons (Fsp3) is 0. The van der Waals surface area contributed by atoms with Gasteiger partial charge < -0.3 is 8.83 Å². The van der Waals surface area contributed by atoms with Gasteiger partial charge in [-0.25, -0.2) is 19.2 Å². The summed E-state index contributed by atoms with van der Waals surface area (Å²) in [4.78, 5) is 59.5. The van der Waals surface area contributed by atoms with Gasteiger partial charge in [0, 0.05) is 20.2 Å². The lowest BCUT2D eigenvalue weighted by Gasteiger charge is -2.01. The zero-order chi connectivity index (χ0) is 17.5. The third kappa shape index (κ3) is 1.71. The molecule has 0 saturated carbocycles. The summed E-state index contributed by atoms with van der Waals surface area (Å²) in [6.07, 6.45) is 0. The molecule has 3 heterocycles. The van der Waals surface area contributed by atoms with Crippen LogP contribution in [0.15, 0.2) is 57.1 Å². The van der Waals surface area contributed by atoms with E-state index in [1.165, 1.54) is 35.6 Å². The van der Waals surface area contributed by atoms with Crippen molar-refractivity contribution in [1.82, 2.24) is 0 Å².